The van der Waals surface area contributed by atoms with Gasteiger partial charge >= 0.3 is 5.97 Å². The maximum atomic E-state index is 13.0. The molecule has 31 heavy (non-hydrogen) atoms. The molecule has 156 valence electrons. The lowest BCUT2D eigenvalue weighted by Crippen LogP contribution is -2.25. The minimum Gasteiger partial charge on any atom is -0.459 e. The number of aromatic nitrogens is 1. The van der Waals surface area contributed by atoms with E-state index >= 15 is 0 Å². The normalized spacial score (nSPS) is 11.8. The maximum absolute atomic E-state index is 13.0. The van der Waals surface area contributed by atoms with E-state index in [1.54, 1.807) is 31.2 Å². The lowest BCUT2D eigenvalue weighted by molar-refractivity contribution is 0.0320. The predicted octanol–water partition coefficient (Wildman–Crippen LogP) is 4.75. The van der Waals surface area contributed by atoms with Gasteiger partial charge in [0.2, 0.25) is 5.78 Å². The molecule has 0 unspecified atom stereocenters. The number of hydrogen-bond acceptors (Lipinski definition) is 5. The van der Waals surface area contributed by atoms with E-state index in [1.807, 2.05) is 24.3 Å². The molecule has 4 aromatic rings. The number of hydrogen-bond donors (Lipinski definition) is 2. The molecule has 0 saturated heterocycles. The van der Waals surface area contributed by atoms with Crippen LogP contribution in [-0.2, 0) is 4.74 Å². The van der Waals surface area contributed by atoms with Crippen molar-refractivity contribution in [2.45, 2.75) is 20.0 Å². The summed E-state index contributed by atoms with van der Waals surface area (Å²) >= 11 is 0. The van der Waals surface area contributed by atoms with Crippen LogP contribution < -0.4 is 5.32 Å². The van der Waals surface area contributed by atoms with Crippen molar-refractivity contribution in [2.75, 3.05) is 5.32 Å². The number of H-pyrrole nitrogens is 1. The number of aryl methyl sites for hydroxylation is 1. The number of aromatic amines is 1. The minimum atomic E-state index is -1.01. The SMILES string of the molecule is Cc1[nH]c2ccccc2c1C(=O)[C@H](C)OC(=O)c1ccccc1NC(=O)c1ccco1. The van der Waals surface area contributed by atoms with Crippen LogP contribution >= 0.6 is 0 Å². The molecule has 7 heteroatoms. The van der Waals surface area contributed by atoms with Gasteiger partial charge in [-0.3, -0.25) is 9.59 Å². The van der Waals surface area contributed by atoms with Crippen molar-refractivity contribution in [3.05, 3.63) is 89.5 Å². The van der Waals surface area contributed by atoms with Crippen LogP contribution in [0.15, 0.2) is 71.3 Å². The molecule has 0 fully saturated rings. The number of rotatable bonds is 6. The summed E-state index contributed by atoms with van der Waals surface area (Å²) in [6, 6.07) is 17.0. The molecule has 4 rings (SSSR count). The number of ether oxygens (including phenoxy) is 1. The van der Waals surface area contributed by atoms with Crippen LogP contribution in [0.3, 0.4) is 0 Å². The Labute approximate surface area is 178 Å². The number of para-hydroxylation sites is 2. The largest absolute Gasteiger partial charge is 0.459 e. The number of esters is 1. The molecule has 2 aromatic carbocycles. The molecule has 0 spiro atoms. The second kappa shape index (κ2) is 8.31. The quantitative estimate of drug-likeness (QED) is 0.349. The molecule has 0 aliphatic rings. The summed E-state index contributed by atoms with van der Waals surface area (Å²) in [5.74, 6) is -1.40. The lowest BCUT2D eigenvalue weighted by atomic mass is 10.0. The fraction of sp³-hybridized carbons (Fsp3) is 0.125. The van der Waals surface area contributed by atoms with Gasteiger partial charge in [-0.25, -0.2) is 4.79 Å². The van der Waals surface area contributed by atoms with E-state index < -0.39 is 18.0 Å². The van der Waals surface area contributed by atoms with Crippen LogP contribution in [0.2, 0.25) is 0 Å². The first kappa shape index (κ1) is 20.2. The summed E-state index contributed by atoms with van der Waals surface area (Å²) in [6.07, 6.45) is 0.369. The van der Waals surface area contributed by atoms with Crippen LogP contribution in [0.5, 0.6) is 0 Å². The van der Waals surface area contributed by atoms with Crippen LogP contribution in [0, 0.1) is 6.92 Å². The summed E-state index contributed by atoms with van der Waals surface area (Å²) in [5, 5.41) is 3.41. The summed E-state index contributed by atoms with van der Waals surface area (Å²) in [5.41, 5.74) is 2.44. The second-order valence-corrected chi connectivity index (χ2v) is 7.06. The highest BCUT2D eigenvalue weighted by Crippen LogP contribution is 2.25. The number of Topliss-reactive ketones (excluding diaryl/α,β-unsaturated/α-hetero) is 1. The highest BCUT2D eigenvalue weighted by atomic mass is 16.5. The van der Waals surface area contributed by atoms with Crippen LogP contribution in [0.1, 0.15) is 43.9 Å². The van der Waals surface area contributed by atoms with Gasteiger partial charge in [0.05, 0.1) is 17.5 Å². The van der Waals surface area contributed by atoms with Crippen molar-refractivity contribution >= 4 is 34.3 Å². The Morgan fingerprint density at radius 1 is 1.00 bits per heavy atom. The Hall–Kier alpha value is -4.13. The lowest BCUT2D eigenvalue weighted by Gasteiger charge is -2.15. The molecule has 2 aromatic heterocycles. The highest BCUT2D eigenvalue weighted by Gasteiger charge is 2.26. The summed E-state index contributed by atoms with van der Waals surface area (Å²) in [6.45, 7) is 3.34. The van der Waals surface area contributed by atoms with E-state index in [4.69, 9.17) is 9.15 Å². The number of nitrogens with one attached hydrogen (secondary N) is 2. The molecule has 0 saturated carbocycles. The highest BCUT2D eigenvalue weighted by molar-refractivity contribution is 6.12. The van der Waals surface area contributed by atoms with Crippen molar-refractivity contribution in [3.63, 3.8) is 0 Å². The Balaban J connectivity index is 1.53. The van der Waals surface area contributed by atoms with Crippen LogP contribution in [0.4, 0.5) is 5.69 Å². The van der Waals surface area contributed by atoms with E-state index in [1.165, 1.54) is 25.3 Å². The van der Waals surface area contributed by atoms with Gasteiger partial charge < -0.3 is 19.5 Å². The number of ketones is 1. The summed E-state index contributed by atoms with van der Waals surface area (Å²) in [4.78, 5) is 41.3. The monoisotopic (exact) mass is 416 g/mol. The number of fused-ring (bicyclic) bond motifs is 1. The Morgan fingerprint density at radius 2 is 1.74 bits per heavy atom. The molecular weight excluding hydrogens is 396 g/mol. The Bertz CT molecular complexity index is 1270. The smallest absolute Gasteiger partial charge is 0.340 e. The number of furan rings is 1. The van der Waals surface area contributed by atoms with E-state index in [9.17, 15) is 14.4 Å². The van der Waals surface area contributed by atoms with E-state index in [2.05, 4.69) is 10.3 Å². The van der Waals surface area contributed by atoms with E-state index in [-0.39, 0.29) is 22.8 Å². The van der Waals surface area contributed by atoms with E-state index in [0.717, 1.165) is 10.9 Å². The molecule has 0 radical (unpaired) electrons. The van der Waals surface area contributed by atoms with Gasteiger partial charge in [-0.05, 0) is 44.2 Å². The molecule has 1 amide bonds. The van der Waals surface area contributed by atoms with Gasteiger partial charge in [-0.2, -0.15) is 0 Å². The van der Waals surface area contributed by atoms with Gasteiger partial charge in [0.1, 0.15) is 0 Å². The number of amides is 1. The van der Waals surface area contributed by atoms with Crippen molar-refractivity contribution in [1.29, 1.82) is 0 Å². The third-order valence-corrected chi connectivity index (χ3v) is 4.93. The molecule has 1 atom stereocenters. The van der Waals surface area contributed by atoms with E-state index in [0.29, 0.717) is 11.3 Å². The standard InChI is InChI=1S/C24H20N2O5/c1-14-21(16-8-3-5-10-18(16)25-14)22(27)15(2)31-24(29)17-9-4-6-11-19(17)26-23(28)20-12-7-13-30-20/h3-13,15,25H,1-2H3,(H,26,28)/t15-/m0/s1. The first-order valence-corrected chi connectivity index (χ1v) is 9.72. The average molecular weight is 416 g/mol. The average Bonchev–Trinajstić information content (AvgIpc) is 3.41. The zero-order valence-corrected chi connectivity index (χ0v) is 17.0. The van der Waals surface area contributed by atoms with Crippen molar-refractivity contribution in [2.24, 2.45) is 0 Å². The van der Waals surface area contributed by atoms with Crippen LogP contribution in [-0.4, -0.2) is 28.7 Å². The minimum absolute atomic E-state index is 0.113. The molecule has 0 bridgehead atoms. The van der Waals surface area contributed by atoms with Gasteiger partial charge in [-0.15, -0.1) is 0 Å². The molecular formula is C24H20N2O5. The maximum Gasteiger partial charge on any atom is 0.340 e. The molecule has 0 aliphatic heterocycles. The Morgan fingerprint density at radius 3 is 2.52 bits per heavy atom. The number of carbonyl (C=O) groups is 3. The van der Waals surface area contributed by atoms with Crippen molar-refractivity contribution in [3.8, 4) is 0 Å². The molecule has 0 aliphatic carbocycles. The zero-order chi connectivity index (χ0) is 22.0. The summed E-state index contributed by atoms with van der Waals surface area (Å²) in [7, 11) is 0. The summed E-state index contributed by atoms with van der Waals surface area (Å²) < 4.78 is 10.5. The topological polar surface area (TPSA) is 101 Å². The number of anilines is 1. The fourth-order valence-corrected chi connectivity index (χ4v) is 3.44. The fourth-order valence-electron chi connectivity index (χ4n) is 3.44. The van der Waals surface area contributed by atoms with Crippen molar-refractivity contribution < 1.29 is 23.5 Å². The van der Waals surface area contributed by atoms with Gasteiger partial charge in [0.25, 0.3) is 5.91 Å². The van der Waals surface area contributed by atoms with Gasteiger partial charge in [0.15, 0.2) is 11.9 Å². The number of benzene rings is 2. The number of carbonyl (C=O) groups excluding carboxylic acids is 3. The third-order valence-electron chi connectivity index (χ3n) is 4.93. The first-order valence-electron chi connectivity index (χ1n) is 9.72. The Kier molecular flexibility index (Phi) is 5.41. The second-order valence-electron chi connectivity index (χ2n) is 7.06. The third kappa shape index (κ3) is 3.98. The molecule has 7 nitrogen and oxygen atoms in total. The van der Waals surface area contributed by atoms with Crippen molar-refractivity contribution in [1.82, 2.24) is 4.98 Å². The van der Waals surface area contributed by atoms with Gasteiger partial charge in [-0.1, -0.05) is 30.3 Å². The zero-order valence-electron chi connectivity index (χ0n) is 17.0. The molecule has 2 N–H and O–H groups in total. The van der Waals surface area contributed by atoms with Crippen LogP contribution in [0.25, 0.3) is 10.9 Å². The first-order chi connectivity index (χ1) is 15.0. The predicted molar refractivity (Wildman–Crippen MR) is 115 cm³/mol. The van der Waals surface area contributed by atoms with Gasteiger partial charge in [0, 0.05) is 22.2 Å². The molecule has 2 heterocycles.